The van der Waals surface area contributed by atoms with Gasteiger partial charge in [0.05, 0.1) is 28.9 Å². The molecule has 0 aliphatic rings. The van der Waals surface area contributed by atoms with Crippen molar-refractivity contribution in [3.63, 3.8) is 0 Å². The van der Waals surface area contributed by atoms with E-state index in [-0.39, 0.29) is 0 Å². The zero-order chi connectivity index (χ0) is 11.4. The Morgan fingerprint density at radius 2 is 2.00 bits per heavy atom. The molecule has 0 saturated heterocycles. The number of nitrogens with one attached hydrogen (secondary N) is 1. The van der Waals surface area contributed by atoms with E-state index in [0.717, 1.165) is 15.9 Å². The maximum absolute atomic E-state index is 8.65. The summed E-state index contributed by atoms with van der Waals surface area (Å²) in [6.45, 7) is 0.611. The van der Waals surface area contributed by atoms with Crippen LogP contribution in [-0.2, 0) is 6.54 Å². The first-order valence-electron chi connectivity index (χ1n) is 4.75. The minimum absolute atomic E-state index is 0.611. The van der Waals surface area contributed by atoms with Crippen LogP contribution < -0.4 is 5.32 Å². The zero-order valence-electron chi connectivity index (χ0n) is 8.40. The highest BCUT2D eigenvalue weighted by atomic mass is 79.9. The topological polar surface area (TPSA) is 49.0 Å². The molecule has 0 unspecified atom stereocenters. The first-order valence-corrected chi connectivity index (χ1v) is 5.55. The lowest BCUT2D eigenvalue weighted by molar-refractivity contribution is 0.516. The molecule has 4 heteroatoms. The minimum Gasteiger partial charge on any atom is -0.466 e. The fourth-order valence-corrected chi connectivity index (χ4v) is 1.64. The number of nitrogens with zero attached hydrogens (tertiary/aromatic N) is 1. The molecule has 3 nitrogen and oxygen atoms in total. The number of furan rings is 1. The monoisotopic (exact) mass is 276 g/mol. The molecule has 0 aliphatic heterocycles. The van der Waals surface area contributed by atoms with Crippen molar-refractivity contribution in [2.24, 2.45) is 0 Å². The molecule has 0 fully saturated rings. The molecule has 0 atom stereocenters. The third-order valence-electron chi connectivity index (χ3n) is 2.16. The largest absolute Gasteiger partial charge is 0.466 e. The molecule has 0 saturated carbocycles. The quantitative estimate of drug-likeness (QED) is 0.933. The molecule has 2 aromatic rings. The second kappa shape index (κ2) is 4.86. The first kappa shape index (κ1) is 10.8. The van der Waals surface area contributed by atoms with E-state index in [4.69, 9.17) is 9.68 Å². The van der Waals surface area contributed by atoms with Gasteiger partial charge in [0.2, 0.25) is 0 Å². The fourth-order valence-electron chi connectivity index (χ4n) is 1.30. The van der Waals surface area contributed by atoms with Crippen LogP contribution in [0.25, 0.3) is 0 Å². The summed E-state index contributed by atoms with van der Waals surface area (Å²) in [6, 6.07) is 11.2. The van der Waals surface area contributed by atoms with E-state index in [2.05, 4.69) is 27.3 Å². The third-order valence-corrected chi connectivity index (χ3v) is 2.86. The Hall–Kier alpha value is -1.73. The van der Waals surface area contributed by atoms with Gasteiger partial charge in [0.25, 0.3) is 0 Å². The Morgan fingerprint density at radius 1 is 1.25 bits per heavy atom. The van der Waals surface area contributed by atoms with Gasteiger partial charge in [-0.1, -0.05) is 0 Å². The number of hydrogen-bond donors (Lipinski definition) is 1. The lowest BCUT2D eigenvalue weighted by Gasteiger charge is -2.04. The zero-order valence-corrected chi connectivity index (χ0v) is 9.99. The molecule has 1 aromatic carbocycles. The fraction of sp³-hybridized carbons (Fsp3) is 0.0833. The Balaban J connectivity index is 2.00. The van der Waals surface area contributed by atoms with Crippen molar-refractivity contribution in [3.05, 3.63) is 52.4 Å². The molecule has 0 spiro atoms. The molecule has 16 heavy (non-hydrogen) atoms. The summed E-state index contributed by atoms with van der Waals surface area (Å²) in [5.41, 5.74) is 1.62. The molecule has 2 rings (SSSR count). The van der Waals surface area contributed by atoms with Crippen LogP contribution >= 0.6 is 15.9 Å². The highest BCUT2D eigenvalue weighted by Gasteiger charge is 2.02. The van der Waals surface area contributed by atoms with Gasteiger partial charge in [-0.15, -0.1) is 0 Å². The molecule has 80 valence electrons. The van der Waals surface area contributed by atoms with E-state index >= 15 is 0 Å². The minimum atomic E-state index is 0.611. The summed E-state index contributed by atoms with van der Waals surface area (Å²) in [5, 5.41) is 11.9. The number of halogens is 1. The molecule has 0 bridgehead atoms. The summed E-state index contributed by atoms with van der Waals surface area (Å²) in [7, 11) is 0. The summed E-state index contributed by atoms with van der Waals surface area (Å²) < 4.78 is 6.22. The summed E-state index contributed by atoms with van der Waals surface area (Å²) in [5.74, 6) is 0.851. The van der Waals surface area contributed by atoms with Crippen molar-refractivity contribution in [3.8, 4) is 6.07 Å². The summed E-state index contributed by atoms with van der Waals surface area (Å²) in [6.07, 6.45) is 1.64. The van der Waals surface area contributed by atoms with Gasteiger partial charge >= 0.3 is 0 Å². The molecular weight excluding hydrogens is 268 g/mol. The third kappa shape index (κ3) is 2.44. The molecule has 1 aromatic heterocycles. The van der Waals surface area contributed by atoms with E-state index < -0.39 is 0 Å². The Morgan fingerprint density at radius 3 is 2.56 bits per heavy atom. The van der Waals surface area contributed by atoms with E-state index in [9.17, 15) is 0 Å². The van der Waals surface area contributed by atoms with E-state index in [1.807, 2.05) is 18.2 Å². The van der Waals surface area contributed by atoms with Crippen molar-refractivity contribution in [1.82, 2.24) is 0 Å². The lowest BCUT2D eigenvalue weighted by Crippen LogP contribution is -1.98. The molecule has 1 heterocycles. The van der Waals surface area contributed by atoms with Gasteiger partial charge in [0.15, 0.2) is 0 Å². The highest BCUT2D eigenvalue weighted by molar-refractivity contribution is 9.10. The van der Waals surface area contributed by atoms with Crippen molar-refractivity contribution in [2.75, 3.05) is 5.32 Å². The molecule has 1 N–H and O–H groups in total. The predicted octanol–water partition coefficient (Wildman–Crippen LogP) is 3.53. The number of benzene rings is 1. The average molecular weight is 277 g/mol. The van der Waals surface area contributed by atoms with Crippen LogP contribution in [0.15, 0.2) is 45.5 Å². The first-order chi connectivity index (χ1) is 7.79. The van der Waals surface area contributed by atoms with E-state index in [0.29, 0.717) is 12.1 Å². The highest BCUT2D eigenvalue weighted by Crippen LogP contribution is 2.19. The number of nitriles is 1. The van der Waals surface area contributed by atoms with Gasteiger partial charge in [0, 0.05) is 5.69 Å². The van der Waals surface area contributed by atoms with Crippen LogP contribution in [0.4, 0.5) is 5.69 Å². The summed E-state index contributed by atoms with van der Waals surface area (Å²) in [4.78, 5) is 0. The maximum Gasteiger partial charge on any atom is 0.136 e. The van der Waals surface area contributed by atoms with Crippen LogP contribution in [0.2, 0.25) is 0 Å². The Bertz CT molecular complexity index is 511. The van der Waals surface area contributed by atoms with Crippen LogP contribution in [0.5, 0.6) is 0 Å². The van der Waals surface area contributed by atoms with Crippen molar-refractivity contribution < 1.29 is 4.42 Å². The van der Waals surface area contributed by atoms with Gasteiger partial charge in [0.1, 0.15) is 5.76 Å². The smallest absolute Gasteiger partial charge is 0.136 e. The van der Waals surface area contributed by atoms with Gasteiger partial charge in [-0.2, -0.15) is 5.26 Å². The van der Waals surface area contributed by atoms with Crippen LogP contribution in [0, 0.1) is 11.3 Å². The van der Waals surface area contributed by atoms with E-state index in [1.54, 1.807) is 18.4 Å². The number of hydrogen-bond acceptors (Lipinski definition) is 3. The number of rotatable bonds is 3. The van der Waals surface area contributed by atoms with Gasteiger partial charge in [-0.05, 0) is 46.3 Å². The van der Waals surface area contributed by atoms with Crippen molar-refractivity contribution in [1.29, 1.82) is 5.26 Å². The Labute approximate surface area is 102 Å². The van der Waals surface area contributed by atoms with Crippen LogP contribution in [-0.4, -0.2) is 0 Å². The Kier molecular flexibility index (Phi) is 3.28. The van der Waals surface area contributed by atoms with Crippen molar-refractivity contribution in [2.45, 2.75) is 6.54 Å². The van der Waals surface area contributed by atoms with Crippen LogP contribution in [0.1, 0.15) is 11.3 Å². The second-order valence-electron chi connectivity index (χ2n) is 3.23. The average Bonchev–Trinajstić information content (AvgIpc) is 2.73. The SMILES string of the molecule is N#Cc1ccc(NCc2occc2Br)cc1. The van der Waals surface area contributed by atoms with Gasteiger partial charge < -0.3 is 9.73 Å². The maximum atomic E-state index is 8.65. The van der Waals surface area contributed by atoms with E-state index in [1.165, 1.54) is 0 Å². The lowest BCUT2D eigenvalue weighted by atomic mass is 10.2. The molecular formula is C12H9BrN2O. The molecule has 0 radical (unpaired) electrons. The molecule has 0 amide bonds. The van der Waals surface area contributed by atoms with Gasteiger partial charge in [-0.3, -0.25) is 0 Å². The number of anilines is 1. The van der Waals surface area contributed by atoms with Gasteiger partial charge in [-0.25, -0.2) is 0 Å². The predicted molar refractivity (Wildman–Crippen MR) is 64.9 cm³/mol. The second-order valence-corrected chi connectivity index (χ2v) is 4.09. The van der Waals surface area contributed by atoms with Crippen LogP contribution in [0.3, 0.4) is 0 Å². The summed E-state index contributed by atoms with van der Waals surface area (Å²) >= 11 is 3.39. The van der Waals surface area contributed by atoms with Crippen molar-refractivity contribution >= 4 is 21.6 Å². The molecule has 0 aliphatic carbocycles. The normalized spacial score (nSPS) is 9.75. The standard InChI is InChI=1S/C12H9BrN2O/c13-11-5-6-16-12(11)8-15-10-3-1-9(7-14)2-4-10/h1-6,15H,8H2.